The number of nitrogens with two attached hydrogens (primary N) is 3. The van der Waals surface area contributed by atoms with Gasteiger partial charge in [0.1, 0.15) is 42.5 Å². The molecule has 23 heteroatoms. The Balaban J connectivity index is 3.44. The lowest BCUT2D eigenvalue weighted by Crippen LogP contribution is -2.62. The van der Waals surface area contributed by atoms with Crippen LogP contribution in [-0.2, 0) is 54.4 Å². The van der Waals surface area contributed by atoms with Crippen molar-refractivity contribution in [3.05, 3.63) is 29.8 Å². The van der Waals surface area contributed by atoms with Crippen LogP contribution in [0.2, 0.25) is 0 Å². The largest absolute Gasteiger partial charge is 0.508 e. The zero-order chi connectivity index (χ0) is 44.3. The lowest BCUT2D eigenvalue weighted by molar-refractivity contribution is -0.139. The van der Waals surface area contributed by atoms with Crippen LogP contribution in [0.1, 0.15) is 64.9 Å². The summed E-state index contributed by atoms with van der Waals surface area (Å²) >= 11 is 0. The number of hydrogen-bond donors (Lipinski definition) is 13. The molecule has 16 N–H and O–H groups in total. The summed E-state index contributed by atoms with van der Waals surface area (Å²) in [5.74, 6) is -11.5. The molecule has 0 aliphatic rings. The van der Waals surface area contributed by atoms with Gasteiger partial charge in [-0.15, -0.1) is 0 Å². The van der Waals surface area contributed by atoms with Crippen LogP contribution in [0.4, 0.5) is 0 Å². The Labute approximate surface area is 332 Å². The smallest absolute Gasteiger partial charge is 0.322 e. The fourth-order valence-electron chi connectivity index (χ4n) is 5.16. The molecule has 0 aromatic heterocycles. The third-order valence-corrected chi connectivity index (χ3v) is 8.64. The summed E-state index contributed by atoms with van der Waals surface area (Å²) in [5.41, 5.74) is 16.6. The van der Waals surface area contributed by atoms with E-state index in [1.807, 2.05) is 5.32 Å². The van der Waals surface area contributed by atoms with E-state index in [-0.39, 0.29) is 31.4 Å². The zero-order valence-electron chi connectivity index (χ0n) is 32.2. The lowest BCUT2D eigenvalue weighted by atomic mass is 9.96. The van der Waals surface area contributed by atoms with Crippen molar-refractivity contribution in [2.45, 2.75) is 108 Å². The number of carboxylic acids is 2. The molecular formula is C35H53N9O14. The second kappa shape index (κ2) is 24.3. The highest BCUT2D eigenvalue weighted by molar-refractivity contribution is 5.98. The van der Waals surface area contributed by atoms with Gasteiger partial charge in [-0.2, -0.15) is 0 Å². The number of carbonyl (C=O) groups is 10. The summed E-state index contributed by atoms with van der Waals surface area (Å²) in [6, 6.07) is -3.94. The fourth-order valence-corrected chi connectivity index (χ4v) is 5.16. The van der Waals surface area contributed by atoms with Crippen LogP contribution in [0.5, 0.6) is 5.75 Å². The molecule has 0 saturated carbocycles. The molecule has 0 aliphatic heterocycles. The number of aliphatic hydroxyl groups excluding tert-OH is 1. The summed E-state index contributed by atoms with van der Waals surface area (Å²) in [6.45, 7) is 3.53. The van der Waals surface area contributed by atoms with Gasteiger partial charge in [-0.05, 0) is 43.4 Å². The minimum absolute atomic E-state index is 0.127. The number of phenolic OH excluding ortho intramolecular Hbond substituents is 1. The van der Waals surface area contributed by atoms with Crippen LogP contribution in [0.25, 0.3) is 0 Å². The van der Waals surface area contributed by atoms with Crippen LogP contribution < -0.4 is 49.1 Å². The number of aromatic hydroxyl groups is 1. The van der Waals surface area contributed by atoms with E-state index in [1.54, 1.807) is 13.8 Å². The number of rotatable bonds is 26. The highest BCUT2D eigenvalue weighted by Crippen LogP contribution is 2.14. The Kier molecular flexibility index (Phi) is 20.8. The van der Waals surface area contributed by atoms with Crippen molar-refractivity contribution in [1.29, 1.82) is 0 Å². The third-order valence-electron chi connectivity index (χ3n) is 8.64. The number of carboxylic acid groups (broad SMARTS) is 2. The van der Waals surface area contributed by atoms with Gasteiger partial charge in [-0.1, -0.05) is 32.4 Å². The van der Waals surface area contributed by atoms with Gasteiger partial charge in [-0.25, -0.2) is 0 Å². The van der Waals surface area contributed by atoms with E-state index in [0.29, 0.717) is 5.56 Å². The molecule has 0 aliphatic carbocycles. The fraction of sp³-hybridized carbons (Fsp3) is 0.543. The molecule has 23 nitrogen and oxygen atoms in total. The van der Waals surface area contributed by atoms with Crippen LogP contribution >= 0.6 is 0 Å². The number of primary amides is 2. The molecule has 0 radical (unpaired) electrons. The van der Waals surface area contributed by atoms with Gasteiger partial charge in [0.2, 0.25) is 47.3 Å². The van der Waals surface area contributed by atoms with Gasteiger partial charge >= 0.3 is 11.9 Å². The number of aliphatic carboxylic acids is 2. The molecule has 0 heterocycles. The summed E-state index contributed by atoms with van der Waals surface area (Å²) in [5, 5.41) is 51.9. The average molecular weight is 824 g/mol. The molecule has 8 atom stereocenters. The number of benzene rings is 1. The monoisotopic (exact) mass is 823 g/mol. The van der Waals surface area contributed by atoms with Crippen LogP contribution in [-0.4, -0.2) is 129 Å². The van der Waals surface area contributed by atoms with Crippen molar-refractivity contribution in [3.8, 4) is 5.75 Å². The van der Waals surface area contributed by atoms with Crippen LogP contribution in [0.3, 0.4) is 0 Å². The summed E-state index contributed by atoms with van der Waals surface area (Å²) < 4.78 is 0. The summed E-state index contributed by atoms with van der Waals surface area (Å²) in [4.78, 5) is 125. The molecule has 0 unspecified atom stereocenters. The van der Waals surface area contributed by atoms with E-state index >= 15 is 0 Å². The van der Waals surface area contributed by atoms with E-state index in [9.17, 15) is 58.2 Å². The second-order valence-electron chi connectivity index (χ2n) is 13.5. The van der Waals surface area contributed by atoms with E-state index in [2.05, 4.69) is 26.6 Å². The molecule has 0 saturated heterocycles. The Hall–Kier alpha value is -6.36. The predicted octanol–water partition coefficient (Wildman–Crippen LogP) is -4.68. The minimum Gasteiger partial charge on any atom is -0.508 e. The summed E-state index contributed by atoms with van der Waals surface area (Å²) in [6.07, 6.45) is -3.97. The Bertz CT molecular complexity index is 1660. The minimum atomic E-state index is -1.81. The van der Waals surface area contributed by atoms with Crippen molar-refractivity contribution in [2.24, 2.45) is 23.1 Å². The van der Waals surface area contributed by atoms with Gasteiger partial charge in [0, 0.05) is 19.3 Å². The predicted molar refractivity (Wildman–Crippen MR) is 200 cm³/mol. The third kappa shape index (κ3) is 18.1. The number of amides is 8. The maximum Gasteiger partial charge on any atom is 0.322 e. The molecule has 0 spiro atoms. The van der Waals surface area contributed by atoms with Gasteiger partial charge in [0.05, 0.1) is 18.6 Å². The van der Waals surface area contributed by atoms with Crippen molar-refractivity contribution in [2.75, 3.05) is 6.54 Å². The van der Waals surface area contributed by atoms with Gasteiger partial charge in [0.25, 0.3) is 0 Å². The number of phenols is 1. The second-order valence-corrected chi connectivity index (χ2v) is 13.5. The van der Waals surface area contributed by atoms with Crippen LogP contribution in [0, 0.1) is 5.92 Å². The van der Waals surface area contributed by atoms with Gasteiger partial charge in [-0.3, -0.25) is 47.9 Å². The molecule has 1 aromatic carbocycles. The molecule has 58 heavy (non-hydrogen) atoms. The Morgan fingerprint density at radius 1 is 0.638 bits per heavy atom. The van der Waals surface area contributed by atoms with E-state index in [0.717, 1.165) is 6.92 Å². The first-order valence-corrected chi connectivity index (χ1v) is 18.1. The molecule has 1 aromatic rings. The van der Waals surface area contributed by atoms with Gasteiger partial charge < -0.3 is 69.5 Å². The number of hydrogen-bond acceptors (Lipinski definition) is 13. The highest BCUT2D eigenvalue weighted by atomic mass is 16.4. The van der Waals surface area contributed by atoms with Crippen molar-refractivity contribution >= 4 is 59.2 Å². The molecule has 322 valence electrons. The number of nitrogens with one attached hydrogen (secondary N) is 6. The number of aliphatic hydroxyl groups is 1. The molecular weight excluding hydrogens is 770 g/mol. The van der Waals surface area contributed by atoms with Crippen molar-refractivity contribution in [3.63, 3.8) is 0 Å². The Morgan fingerprint density at radius 3 is 1.69 bits per heavy atom. The standard InChI is InChI=1S/C35H53N9O14/c1-4-16(2)28(43-33(56)23(14-25(38)48)41-30(53)20(36)9-12-26(49)50)34(57)42-22(13-18-5-7-19(46)8-6-18)32(55)44-29(17(3)45)35(58)40-21(10-11-24(37)47)31(54)39-15-27(51)52/h5-8,16-17,20-23,28-29,45-46H,4,9-15,36H2,1-3H3,(H2,37,47)(H2,38,48)(H,39,54)(H,40,58)(H,41,53)(H,42,57)(H,43,56)(H,44,55)(H,49,50)(H,51,52)/t16-,17+,20-,21-,22-,23-,28-,29-/m0/s1. The van der Waals surface area contributed by atoms with Gasteiger partial charge in [0.15, 0.2) is 0 Å². The molecule has 8 amide bonds. The molecule has 0 fully saturated rings. The maximum absolute atomic E-state index is 13.9. The molecule has 1 rings (SSSR count). The lowest BCUT2D eigenvalue weighted by Gasteiger charge is -2.29. The van der Waals surface area contributed by atoms with E-state index < -0.39 is 133 Å². The first kappa shape index (κ1) is 49.7. The number of carbonyl (C=O) groups excluding carboxylic acids is 8. The normalized spacial score (nSPS) is 15.0. The Morgan fingerprint density at radius 2 is 1.17 bits per heavy atom. The zero-order valence-corrected chi connectivity index (χ0v) is 32.2. The quantitative estimate of drug-likeness (QED) is 0.0418. The van der Waals surface area contributed by atoms with Crippen LogP contribution in [0.15, 0.2) is 24.3 Å². The van der Waals surface area contributed by atoms with E-state index in [1.165, 1.54) is 24.3 Å². The average Bonchev–Trinajstić information content (AvgIpc) is 3.14. The maximum atomic E-state index is 13.9. The van der Waals surface area contributed by atoms with Crippen molar-refractivity contribution in [1.82, 2.24) is 31.9 Å². The highest BCUT2D eigenvalue weighted by Gasteiger charge is 2.36. The first-order valence-electron chi connectivity index (χ1n) is 18.1. The summed E-state index contributed by atoms with van der Waals surface area (Å²) in [7, 11) is 0. The topological polar surface area (TPSA) is 402 Å². The van der Waals surface area contributed by atoms with E-state index in [4.69, 9.17) is 27.4 Å². The van der Waals surface area contributed by atoms with Crippen molar-refractivity contribution < 1.29 is 68.4 Å². The SMILES string of the molecule is CC[C@H](C)[C@H](NC(=O)[C@H](CC(N)=O)NC(=O)[C@@H](N)CCC(=O)O)C(=O)N[C@@H](Cc1ccc(O)cc1)C(=O)N[C@H](C(=O)N[C@@H](CCC(N)=O)C(=O)NCC(=O)O)[C@@H](C)O. The molecule has 0 bridgehead atoms. The first-order chi connectivity index (χ1) is 27.0.